The van der Waals surface area contributed by atoms with Crippen molar-refractivity contribution < 1.29 is 14.3 Å². The summed E-state index contributed by atoms with van der Waals surface area (Å²) in [5.74, 6) is -0.947. The number of nitrogens with two attached hydrogens (primary N) is 1. The van der Waals surface area contributed by atoms with Gasteiger partial charge in [0.15, 0.2) is 0 Å². The fraction of sp³-hybridized carbons (Fsp3) is 0.231. The highest BCUT2D eigenvalue weighted by atomic mass is 32.1. The van der Waals surface area contributed by atoms with Gasteiger partial charge < -0.3 is 21.1 Å². The molecular weight excluding hydrogens is 278 g/mol. The molecule has 0 aliphatic rings. The lowest BCUT2D eigenvalue weighted by atomic mass is 10.2. The SMILES string of the molecule is C=CCNC(=O)c1sc(NCC=C)c(C(=O)OC)c1N. The van der Waals surface area contributed by atoms with Crippen LogP contribution in [-0.4, -0.2) is 32.1 Å². The zero-order valence-corrected chi connectivity index (χ0v) is 12.0. The maximum atomic E-state index is 11.9. The highest BCUT2D eigenvalue weighted by molar-refractivity contribution is 7.19. The third kappa shape index (κ3) is 3.39. The number of hydrogen-bond donors (Lipinski definition) is 3. The second-order valence-electron chi connectivity index (χ2n) is 3.71. The summed E-state index contributed by atoms with van der Waals surface area (Å²) < 4.78 is 4.69. The first kappa shape index (κ1) is 15.8. The quantitative estimate of drug-likeness (QED) is 0.525. The first-order valence-corrected chi connectivity index (χ1v) is 6.62. The maximum absolute atomic E-state index is 11.9. The van der Waals surface area contributed by atoms with Crippen LogP contribution in [0.3, 0.4) is 0 Å². The van der Waals surface area contributed by atoms with E-state index in [4.69, 9.17) is 5.73 Å². The minimum absolute atomic E-state index is 0.106. The van der Waals surface area contributed by atoms with Crippen molar-refractivity contribution in [3.05, 3.63) is 35.8 Å². The van der Waals surface area contributed by atoms with E-state index in [1.54, 1.807) is 12.2 Å². The number of hydrogen-bond acceptors (Lipinski definition) is 6. The summed E-state index contributed by atoms with van der Waals surface area (Å²) in [5, 5.41) is 6.07. The number of nitrogen functional groups attached to an aromatic ring is 1. The summed E-state index contributed by atoms with van der Waals surface area (Å²) in [4.78, 5) is 24.0. The third-order valence-electron chi connectivity index (χ3n) is 2.35. The van der Waals surface area contributed by atoms with Gasteiger partial charge in [-0.1, -0.05) is 12.2 Å². The van der Waals surface area contributed by atoms with E-state index in [-0.39, 0.29) is 22.0 Å². The number of ether oxygens (including phenoxy) is 1. The van der Waals surface area contributed by atoms with Crippen LogP contribution in [0.5, 0.6) is 0 Å². The van der Waals surface area contributed by atoms with Gasteiger partial charge >= 0.3 is 5.97 Å². The molecule has 6 nitrogen and oxygen atoms in total. The molecule has 1 rings (SSSR count). The van der Waals surface area contributed by atoms with Crippen molar-refractivity contribution in [3.63, 3.8) is 0 Å². The van der Waals surface area contributed by atoms with Crippen LogP contribution in [0, 0.1) is 0 Å². The van der Waals surface area contributed by atoms with Crippen LogP contribution in [0.2, 0.25) is 0 Å². The summed E-state index contributed by atoms with van der Waals surface area (Å²) in [7, 11) is 1.26. The van der Waals surface area contributed by atoms with Crippen LogP contribution in [-0.2, 0) is 4.74 Å². The predicted octanol–water partition coefficient (Wildman–Crippen LogP) is 1.63. The third-order valence-corrected chi connectivity index (χ3v) is 3.52. The molecule has 1 aromatic rings. The molecule has 108 valence electrons. The second-order valence-corrected chi connectivity index (χ2v) is 4.73. The van der Waals surface area contributed by atoms with Crippen LogP contribution in [0.15, 0.2) is 25.3 Å². The Morgan fingerprint density at radius 2 is 2.00 bits per heavy atom. The smallest absolute Gasteiger partial charge is 0.343 e. The number of carbonyl (C=O) groups excluding carboxylic acids is 2. The number of anilines is 2. The van der Waals surface area contributed by atoms with Gasteiger partial charge in [-0.05, 0) is 0 Å². The molecule has 0 spiro atoms. The summed E-state index contributed by atoms with van der Waals surface area (Å²) in [5.41, 5.74) is 6.16. The number of rotatable bonds is 7. The fourth-order valence-electron chi connectivity index (χ4n) is 1.45. The maximum Gasteiger partial charge on any atom is 0.343 e. The summed E-state index contributed by atoms with van der Waals surface area (Å²) in [6, 6.07) is 0. The van der Waals surface area contributed by atoms with Crippen molar-refractivity contribution in [1.29, 1.82) is 0 Å². The molecule has 1 heterocycles. The summed E-state index contributed by atoms with van der Waals surface area (Å²) in [6.45, 7) is 7.85. The van der Waals surface area contributed by atoms with Gasteiger partial charge in [0.25, 0.3) is 5.91 Å². The molecule has 0 aromatic carbocycles. The van der Waals surface area contributed by atoms with Crippen molar-refractivity contribution in [2.24, 2.45) is 0 Å². The molecule has 20 heavy (non-hydrogen) atoms. The van der Waals surface area contributed by atoms with Gasteiger partial charge in [-0.15, -0.1) is 24.5 Å². The van der Waals surface area contributed by atoms with Gasteiger partial charge in [0, 0.05) is 13.1 Å². The molecule has 0 saturated carbocycles. The van der Waals surface area contributed by atoms with Gasteiger partial charge in [-0.2, -0.15) is 0 Å². The van der Waals surface area contributed by atoms with Crippen LogP contribution in [0.25, 0.3) is 0 Å². The first-order valence-electron chi connectivity index (χ1n) is 5.81. The van der Waals surface area contributed by atoms with E-state index in [1.165, 1.54) is 7.11 Å². The fourth-order valence-corrected chi connectivity index (χ4v) is 2.48. The predicted molar refractivity (Wildman–Crippen MR) is 81.3 cm³/mol. The topological polar surface area (TPSA) is 93.5 Å². The van der Waals surface area contributed by atoms with Gasteiger partial charge in [0.1, 0.15) is 15.4 Å². The molecule has 7 heteroatoms. The van der Waals surface area contributed by atoms with Crippen molar-refractivity contribution >= 4 is 33.9 Å². The molecule has 0 radical (unpaired) electrons. The second kappa shape index (κ2) is 7.34. The van der Waals surface area contributed by atoms with Crippen molar-refractivity contribution in [1.82, 2.24) is 5.32 Å². The van der Waals surface area contributed by atoms with Gasteiger partial charge in [-0.3, -0.25) is 4.79 Å². The Morgan fingerprint density at radius 3 is 2.55 bits per heavy atom. The van der Waals surface area contributed by atoms with Gasteiger partial charge in [0.2, 0.25) is 0 Å². The highest BCUT2D eigenvalue weighted by Gasteiger charge is 2.25. The highest BCUT2D eigenvalue weighted by Crippen LogP contribution is 2.36. The Labute approximate surface area is 121 Å². The van der Waals surface area contributed by atoms with E-state index in [0.717, 1.165) is 11.3 Å². The van der Waals surface area contributed by atoms with E-state index in [1.807, 2.05) is 0 Å². The van der Waals surface area contributed by atoms with Gasteiger partial charge in [0.05, 0.1) is 12.8 Å². The Bertz CT molecular complexity index is 537. The van der Waals surface area contributed by atoms with Crippen molar-refractivity contribution in [3.8, 4) is 0 Å². The molecule has 0 atom stereocenters. The van der Waals surface area contributed by atoms with Crippen LogP contribution >= 0.6 is 11.3 Å². The Balaban J connectivity index is 3.16. The normalized spacial score (nSPS) is 9.65. The molecule has 0 bridgehead atoms. The zero-order chi connectivity index (χ0) is 15.1. The largest absolute Gasteiger partial charge is 0.465 e. The lowest BCUT2D eigenvalue weighted by Crippen LogP contribution is -2.23. The minimum Gasteiger partial charge on any atom is -0.465 e. The van der Waals surface area contributed by atoms with Crippen molar-refractivity contribution in [2.75, 3.05) is 31.2 Å². The first-order chi connectivity index (χ1) is 9.56. The summed E-state index contributed by atoms with van der Waals surface area (Å²) in [6.07, 6.45) is 3.19. The molecule has 0 fully saturated rings. The Kier molecular flexibility index (Phi) is 5.79. The molecule has 0 unspecified atom stereocenters. The lowest BCUT2D eigenvalue weighted by Gasteiger charge is -2.04. The summed E-state index contributed by atoms with van der Waals surface area (Å²) >= 11 is 1.10. The molecule has 0 aliphatic heterocycles. The van der Waals surface area contributed by atoms with E-state index < -0.39 is 5.97 Å². The van der Waals surface area contributed by atoms with Gasteiger partial charge in [-0.25, -0.2) is 4.79 Å². The molecule has 1 aromatic heterocycles. The monoisotopic (exact) mass is 295 g/mol. The van der Waals surface area contributed by atoms with Crippen molar-refractivity contribution in [2.45, 2.75) is 0 Å². The lowest BCUT2D eigenvalue weighted by molar-refractivity contribution is 0.0603. The average molecular weight is 295 g/mol. The van der Waals surface area contributed by atoms with E-state index in [2.05, 4.69) is 28.5 Å². The number of thiophene rings is 1. The number of amides is 1. The van der Waals surface area contributed by atoms with Crippen LogP contribution in [0.1, 0.15) is 20.0 Å². The average Bonchev–Trinajstić information content (AvgIpc) is 2.78. The molecule has 1 amide bonds. The number of esters is 1. The Hall–Kier alpha value is -2.28. The minimum atomic E-state index is -0.590. The zero-order valence-electron chi connectivity index (χ0n) is 11.2. The number of carbonyl (C=O) groups is 2. The standard InChI is InChI=1S/C13H17N3O3S/c1-4-6-15-11(17)10-9(14)8(13(18)19-3)12(20-10)16-7-5-2/h4-5,16H,1-2,6-7,14H2,3H3,(H,15,17). The molecular formula is C13H17N3O3S. The van der Waals surface area contributed by atoms with E-state index >= 15 is 0 Å². The Morgan fingerprint density at radius 1 is 1.35 bits per heavy atom. The molecule has 0 saturated heterocycles. The number of methoxy groups -OCH3 is 1. The van der Waals surface area contributed by atoms with E-state index in [9.17, 15) is 9.59 Å². The molecule has 4 N–H and O–H groups in total. The van der Waals surface area contributed by atoms with Crippen LogP contribution < -0.4 is 16.4 Å². The molecule has 0 aliphatic carbocycles. The van der Waals surface area contributed by atoms with E-state index in [0.29, 0.717) is 18.1 Å². The number of nitrogens with one attached hydrogen (secondary N) is 2. The van der Waals surface area contributed by atoms with Crippen LogP contribution in [0.4, 0.5) is 10.7 Å².